The molecule has 1 aliphatic rings. The van der Waals surface area contributed by atoms with Crippen LogP contribution >= 0.6 is 0 Å². The minimum absolute atomic E-state index is 0.0505. The number of aliphatic hydroxyl groups excluding tert-OH is 1. The summed E-state index contributed by atoms with van der Waals surface area (Å²) in [6.07, 6.45) is -4.55. The number of hydrogen-bond donors (Lipinski definition) is 2. The van der Waals surface area contributed by atoms with Crippen molar-refractivity contribution in [3.05, 3.63) is 70.9 Å². The molecule has 0 saturated heterocycles. The Kier molecular flexibility index (Phi) is 3.63. The first kappa shape index (κ1) is 15.8. The van der Waals surface area contributed by atoms with E-state index in [9.17, 15) is 27.9 Å². The van der Waals surface area contributed by atoms with Gasteiger partial charge in [0.05, 0.1) is 5.56 Å². The molecule has 122 valence electrons. The van der Waals surface area contributed by atoms with Crippen LogP contribution in [0.4, 0.5) is 18.9 Å². The SMILES string of the molecule is O=C1C(=O)c2ccccc2C(O)=C1Nc1cccc(C(F)(F)F)c1. The molecule has 2 N–H and O–H groups in total. The highest BCUT2D eigenvalue weighted by Gasteiger charge is 2.34. The molecule has 0 aromatic heterocycles. The summed E-state index contributed by atoms with van der Waals surface area (Å²) < 4.78 is 38.2. The average Bonchev–Trinajstić information content (AvgIpc) is 2.56. The molecule has 2 aromatic rings. The maximum absolute atomic E-state index is 12.7. The highest BCUT2D eigenvalue weighted by atomic mass is 19.4. The Bertz CT molecular complexity index is 885. The van der Waals surface area contributed by atoms with Gasteiger partial charge in [-0.25, -0.2) is 0 Å². The monoisotopic (exact) mass is 333 g/mol. The number of carbonyl (C=O) groups excluding carboxylic acids is 2. The van der Waals surface area contributed by atoms with Gasteiger partial charge in [-0.3, -0.25) is 9.59 Å². The van der Waals surface area contributed by atoms with Crippen LogP contribution in [-0.2, 0) is 11.0 Å². The molecule has 0 aliphatic heterocycles. The van der Waals surface area contributed by atoms with Crippen molar-refractivity contribution in [2.24, 2.45) is 0 Å². The molecular formula is C17H10F3NO3. The number of Topliss-reactive ketones (excluding diaryl/α,β-unsaturated/α-hetero) is 2. The maximum atomic E-state index is 12.7. The van der Waals surface area contributed by atoms with Gasteiger partial charge in [0.2, 0.25) is 5.78 Å². The second kappa shape index (κ2) is 5.52. The Hall–Kier alpha value is -3.09. The Labute approximate surface area is 134 Å². The van der Waals surface area contributed by atoms with Gasteiger partial charge in [-0.05, 0) is 18.2 Å². The lowest BCUT2D eigenvalue weighted by atomic mass is 9.91. The summed E-state index contributed by atoms with van der Waals surface area (Å²) in [4.78, 5) is 24.2. The van der Waals surface area contributed by atoms with Crippen molar-refractivity contribution >= 4 is 23.0 Å². The van der Waals surface area contributed by atoms with Crippen LogP contribution in [0.15, 0.2) is 54.2 Å². The molecule has 3 rings (SSSR count). The third-order valence-electron chi connectivity index (χ3n) is 3.56. The van der Waals surface area contributed by atoms with Crippen LogP contribution < -0.4 is 5.32 Å². The first-order valence-corrected chi connectivity index (χ1v) is 6.85. The van der Waals surface area contributed by atoms with Gasteiger partial charge in [0.1, 0.15) is 5.70 Å². The van der Waals surface area contributed by atoms with E-state index in [1.54, 1.807) is 12.1 Å². The summed E-state index contributed by atoms with van der Waals surface area (Å²) in [6, 6.07) is 10.1. The van der Waals surface area contributed by atoms with Gasteiger partial charge in [-0.15, -0.1) is 0 Å². The quantitative estimate of drug-likeness (QED) is 0.820. The summed E-state index contributed by atoms with van der Waals surface area (Å²) in [5.41, 5.74) is -1.22. The Morgan fingerprint density at radius 1 is 0.875 bits per heavy atom. The van der Waals surface area contributed by atoms with Gasteiger partial charge in [-0.2, -0.15) is 13.2 Å². The van der Waals surface area contributed by atoms with Gasteiger partial charge in [0.25, 0.3) is 5.78 Å². The number of nitrogens with one attached hydrogen (secondary N) is 1. The van der Waals surface area contributed by atoms with Crippen molar-refractivity contribution in [2.45, 2.75) is 6.18 Å². The first-order valence-electron chi connectivity index (χ1n) is 6.85. The number of anilines is 1. The van der Waals surface area contributed by atoms with E-state index >= 15 is 0 Å². The predicted molar refractivity (Wildman–Crippen MR) is 80.4 cm³/mol. The van der Waals surface area contributed by atoms with Crippen LogP contribution in [0.2, 0.25) is 0 Å². The van der Waals surface area contributed by atoms with E-state index in [0.717, 1.165) is 18.2 Å². The first-order chi connectivity index (χ1) is 11.3. The number of ketones is 2. The zero-order valence-electron chi connectivity index (χ0n) is 12.0. The Balaban J connectivity index is 2.04. The summed E-state index contributed by atoms with van der Waals surface area (Å²) in [5.74, 6) is -2.32. The van der Waals surface area contributed by atoms with Crippen LogP contribution in [-0.4, -0.2) is 16.7 Å². The normalized spacial score (nSPS) is 14.6. The molecule has 0 radical (unpaired) electrons. The smallest absolute Gasteiger partial charge is 0.416 e. The van der Waals surface area contributed by atoms with E-state index in [0.29, 0.717) is 0 Å². The fourth-order valence-electron chi connectivity index (χ4n) is 2.40. The molecule has 24 heavy (non-hydrogen) atoms. The van der Waals surface area contributed by atoms with Gasteiger partial charge >= 0.3 is 6.18 Å². The molecular weight excluding hydrogens is 323 g/mol. The van der Waals surface area contributed by atoms with E-state index in [4.69, 9.17) is 0 Å². The highest BCUT2D eigenvalue weighted by molar-refractivity contribution is 6.52. The van der Waals surface area contributed by atoms with Gasteiger partial charge in [0, 0.05) is 16.8 Å². The number of carbonyl (C=O) groups is 2. The largest absolute Gasteiger partial charge is 0.505 e. The maximum Gasteiger partial charge on any atom is 0.416 e. The highest BCUT2D eigenvalue weighted by Crippen LogP contribution is 2.32. The summed E-state index contributed by atoms with van der Waals surface area (Å²) in [5, 5.41) is 12.6. The van der Waals surface area contributed by atoms with Crippen molar-refractivity contribution in [1.29, 1.82) is 0 Å². The van der Waals surface area contributed by atoms with E-state index in [1.165, 1.54) is 18.2 Å². The molecule has 1 aliphatic carbocycles. The molecule has 0 unspecified atom stereocenters. The Morgan fingerprint density at radius 3 is 2.21 bits per heavy atom. The summed E-state index contributed by atoms with van der Waals surface area (Å²) in [7, 11) is 0. The van der Waals surface area contributed by atoms with Crippen molar-refractivity contribution in [2.75, 3.05) is 5.32 Å². The fourth-order valence-corrected chi connectivity index (χ4v) is 2.40. The lowest BCUT2D eigenvalue weighted by molar-refractivity contribution is -0.137. The number of rotatable bonds is 2. The molecule has 0 amide bonds. The number of halogens is 3. The van der Waals surface area contributed by atoms with E-state index in [2.05, 4.69) is 5.32 Å². The minimum Gasteiger partial charge on any atom is -0.505 e. The van der Waals surface area contributed by atoms with E-state index < -0.39 is 34.8 Å². The molecule has 0 fully saturated rings. The summed E-state index contributed by atoms with van der Waals surface area (Å²) in [6.45, 7) is 0. The molecule has 0 atom stereocenters. The van der Waals surface area contributed by atoms with Crippen molar-refractivity contribution in [3.8, 4) is 0 Å². The molecule has 4 nitrogen and oxygen atoms in total. The lowest BCUT2D eigenvalue weighted by Crippen LogP contribution is -2.27. The number of fused-ring (bicyclic) bond motifs is 1. The van der Waals surface area contributed by atoms with Gasteiger partial charge < -0.3 is 10.4 Å². The number of allylic oxidation sites excluding steroid dienone is 1. The Morgan fingerprint density at radius 2 is 1.54 bits per heavy atom. The number of benzene rings is 2. The molecule has 0 bridgehead atoms. The predicted octanol–water partition coefficient (Wildman–Crippen LogP) is 3.81. The van der Waals surface area contributed by atoms with Gasteiger partial charge in [-0.1, -0.05) is 30.3 Å². The number of alkyl halides is 3. The van der Waals surface area contributed by atoms with Gasteiger partial charge in [0.15, 0.2) is 5.76 Å². The topological polar surface area (TPSA) is 66.4 Å². The molecule has 7 heteroatoms. The van der Waals surface area contributed by atoms with E-state index in [1.807, 2.05) is 0 Å². The third kappa shape index (κ3) is 2.64. The second-order valence-corrected chi connectivity index (χ2v) is 5.13. The second-order valence-electron chi connectivity index (χ2n) is 5.13. The van der Waals surface area contributed by atoms with Crippen LogP contribution in [0.5, 0.6) is 0 Å². The molecule has 0 saturated carbocycles. The zero-order chi connectivity index (χ0) is 17.5. The van der Waals surface area contributed by atoms with Crippen LogP contribution in [0, 0.1) is 0 Å². The van der Waals surface area contributed by atoms with Crippen molar-refractivity contribution < 1.29 is 27.9 Å². The number of hydrogen-bond acceptors (Lipinski definition) is 4. The lowest BCUT2D eigenvalue weighted by Gasteiger charge is -2.19. The van der Waals surface area contributed by atoms with Crippen LogP contribution in [0.3, 0.4) is 0 Å². The van der Waals surface area contributed by atoms with Crippen molar-refractivity contribution in [3.63, 3.8) is 0 Å². The molecule has 0 heterocycles. The average molecular weight is 333 g/mol. The fraction of sp³-hybridized carbons (Fsp3) is 0.0588. The van der Waals surface area contributed by atoms with Crippen LogP contribution in [0.1, 0.15) is 21.5 Å². The number of aliphatic hydroxyl groups is 1. The molecule has 2 aromatic carbocycles. The molecule has 0 spiro atoms. The van der Waals surface area contributed by atoms with Crippen LogP contribution in [0.25, 0.3) is 5.76 Å². The van der Waals surface area contributed by atoms with Crippen molar-refractivity contribution in [1.82, 2.24) is 0 Å². The minimum atomic E-state index is -4.55. The standard InChI is InChI=1S/C17H10F3NO3/c18-17(19,20)9-4-3-5-10(8-9)21-13-14(22)11-6-1-2-7-12(11)15(23)16(13)24/h1-8,21-22H. The zero-order valence-corrected chi connectivity index (χ0v) is 12.0. The summed E-state index contributed by atoms with van der Waals surface area (Å²) >= 11 is 0. The van der Waals surface area contributed by atoms with E-state index in [-0.39, 0.29) is 16.8 Å². The third-order valence-corrected chi connectivity index (χ3v) is 3.56.